The lowest BCUT2D eigenvalue weighted by molar-refractivity contribution is 0.0715. The summed E-state index contributed by atoms with van der Waals surface area (Å²) in [7, 11) is 0. The normalized spacial score (nSPS) is 16.0. The molecule has 0 atom stereocenters. The molecule has 1 amide bonds. The van der Waals surface area contributed by atoms with Gasteiger partial charge in [-0.2, -0.15) is 0 Å². The number of carbonyl (C=O) groups is 1. The lowest BCUT2D eigenvalue weighted by Crippen LogP contribution is -2.38. The summed E-state index contributed by atoms with van der Waals surface area (Å²) in [6.07, 6.45) is 1.89. The number of hydrogen-bond donors (Lipinski definition) is 1. The molecule has 124 valence electrons. The van der Waals surface area contributed by atoms with Crippen molar-refractivity contribution in [1.29, 1.82) is 0 Å². The van der Waals surface area contributed by atoms with Crippen molar-refractivity contribution in [2.24, 2.45) is 0 Å². The van der Waals surface area contributed by atoms with E-state index in [1.54, 1.807) is 5.51 Å². The molecular formula is C18H20N4OS. The third kappa shape index (κ3) is 2.60. The summed E-state index contributed by atoms with van der Waals surface area (Å²) < 4.78 is 0. The Balaban J connectivity index is 1.48. The summed E-state index contributed by atoms with van der Waals surface area (Å²) in [6.45, 7) is 5.53. The Kier molecular flexibility index (Phi) is 3.84. The molecule has 1 aromatic carbocycles. The number of H-pyrrole nitrogens is 1. The number of carbonyl (C=O) groups excluding carboxylic acids is 1. The molecule has 6 heteroatoms. The fraction of sp³-hybridized carbons (Fsp3) is 0.389. The van der Waals surface area contributed by atoms with Gasteiger partial charge in [-0.25, -0.2) is 9.97 Å². The van der Waals surface area contributed by atoms with Crippen molar-refractivity contribution in [1.82, 2.24) is 19.9 Å². The van der Waals surface area contributed by atoms with E-state index in [9.17, 15) is 4.79 Å². The van der Waals surface area contributed by atoms with Crippen molar-refractivity contribution in [3.63, 3.8) is 0 Å². The quantitative estimate of drug-likeness (QED) is 0.774. The molecule has 24 heavy (non-hydrogen) atoms. The Bertz CT molecular complexity index is 889. The number of likely N-dealkylation sites (tertiary alicyclic amines) is 1. The molecule has 3 heterocycles. The van der Waals surface area contributed by atoms with E-state index in [0.29, 0.717) is 5.92 Å². The zero-order valence-electron chi connectivity index (χ0n) is 13.9. The number of aryl methyl sites for hydroxylation is 2. The Morgan fingerprint density at radius 2 is 2.08 bits per heavy atom. The van der Waals surface area contributed by atoms with Gasteiger partial charge in [-0.05, 0) is 38.3 Å². The third-order valence-electron chi connectivity index (χ3n) is 4.84. The molecule has 0 radical (unpaired) electrons. The van der Waals surface area contributed by atoms with Crippen molar-refractivity contribution < 1.29 is 4.79 Å². The van der Waals surface area contributed by atoms with Gasteiger partial charge >= 0.3 is 0 Å². The van der Waals surface area contributed by atoms with E-state index in [0.717, 1.165) is 53.4 Å². The van der Waals surface area contributed by atoms with Crippen LogP contribution in [0.3, 0.4) is 0 Å². The van der Waals surface area contributed by atoms with Crippen LogP contribution in [0.1, 0.15) is 45.5 Å². The highest BCUT2D eigenvalue weighted by Gasteiger charge is 2.27. The molecule has 5 nitrogen and oxygen atoms in total. The Morgan fingerprint density at radius 1 is 1.29 bits per heavy atom. The van der Waals surface area contributed by atoms with Gasteiger partial charge in [0.15, 0.2) is 0 Å². The average Bonchev–Trinajstić information content (AvgIpc) is 3.21. The molecule has 1 N–H and O–H groups in total. The molecule has 1 saturated heterocycles. The standard InChI is InChI=1S/C18H20N4OS/c1-11-4-3-5-14-15(11)21-17(20-14)13-6-8-22(9-7-13)18(23)16-12(2)19-10-24-16/h3-5,10,13H,6-9H2,1-2H3,(H,20,21). The number of aromatic nitrogens is 3. The van der Waals surface area contributed by atoms with Gasteiger partial charge in [0.05, 0.1) is 22.2 Å². The highest BCUT2D eigenvalue weighted by Crippen LogP contribution is 2.29. The van der Waals surface area contributed by atoms with E-state index in [2.05, 4.69) is 35.1 Å². The molecule has 4 rings (SSSR count). The molecule has 0 unspecified atom stereocenters. The maximum Gasteiger partial charge on any atom is 0.265 e. The van der Waals surface area contributed by atoms with Gasteiger partial charge in [0.2, 0.25) is 0 Å². The van der Waals surface area contributed by atoms with Gasteiger partial charge in [-0.1, -0.05) is 12.1 Å². The molecule has 1 aliphatic heterocycles. The van der Waals surface area contributed by atoms with Crippen LogP contribution in [0.4, 0.5) is 0 Å². The Labute approximate surface area is 144 Å². The number of hydrogen-bond acceptors (Lipinski definition) is 4. The lowest BCUT2D eigenvalue weighted by atomic mass is 9.96. The zero-order valence-corrected chi connectivity index (χ0v) is 14.7. The van der Waals surface area contributed by atoms with Crippen molar-refractivity contribution in [2.75, 3.05) is 13.1 Å². The molecular weight excluding hydrogens is 320 g/mol. The highest BCUT2D eigenvalue weighted by atomic mass is 32.1. The van der Waals surface area contributed by atoms with Crippen molar-refractivity contribution in [2.45, 2.75) is 32.6 Å². The van der Waals surface area contributed by atoms with Gasteiger partial charge in [-0.3, -0.25) is 4.79 Å². The second-order valence-electron chi connectivity index (χ2n) is 6.43. The zero-order chi connectivity index (χ0) is 16.7. The van der Waals surface area contributed by atoms with E-state index < -0.39 is 0 Å². The van der Waals surface area contributed by atoms with Gasteiger partial charge in [-0.15, -0.1) is 11.3 Å². The van der Waals surface area contributed by atoms with Crippen molar-refractivity contribution >= 4 is 28.3 Å². The van der Waals surface area contributed by atoms with E-state index in [1.807, 2.05) is 11.8 Å². The lowest BCUT2D eigenvalue weighted by Gasteiger charge is -2.30. The van der Waals surface area contributed by atoms with Gasteiger partial charge in [0, 0.05) is 19.0 Å². The first-order valence-corrected chi connectivity index (χ1v) is 9.16. The number of fused-ring (bicyclic) bond motifs is 1. The first-order chi connectivity index (χ1) is 11.6. The van der Waals surface area contributed by atoms with Crippen LogP contribution < -0.4 is 0 Å². The second kappa shape index (κ2) is 6.02. The number of rotatable bonds is 2. The number of para-hydroxylation sites is 1. The topological polar surface area (TPSA) is 61.9 Å². The highest BCUT2D eigenvalue weighted by molar-refractivity contribution is 7.11. The maximum atomic E-state index is 12.6. The van der Waals surface area contributed by atoms with E-state index in [-0.39, 0.29) is 5.91 Å². The average molecular weight is 340 g/mol. The Hall–Kier alpha value is -2.21. The number of thiazole rings is 1. The van der Waals surface area contributed by atoms with Crippen LogP contribution in [0.5, 0.6) is 0 Å². The molecule has 0 saturated carbocycles. The maximum absolute atomic E-state index is 12.6. The first kappa shape index (κ1) is 15.3. The summed E-state index contributed by atoms with van der Waals surface area (Å²) in [5.41, 5.74) is 5.93. The molecule has 0 aliphatic carbocycles. The number of aromatic amines is 1. The minimum absolute atomic E-state index is 0.119. The number of benzene rings is 1. The summed E-state index contributed by atoms with van der Waals surface area (Å²) in [5, 5.41) is 0. The Morgan fingerprint density at radius 3 is 2.75 bits per heavy atom. The molecule has 3 aromatic rings. The summed E-state index contributed by atoms with van der Waals surface area (Å²) in [6, 6.07) is 6.22. The van der Waals surface area contributed by atoms with Gasteiger partial charge in [0.25, 0.3) is 5.91 Å². The van der Waals surface area contributed by atoms with Crippen molar-refractivity contribution in [3.8, 4) is 0 Å². The minimum atomic E-state index is 0.119. The predicted molar refractivity (Wildman–Crippen MR) is 95.6 cm³/mol. The largest absolute Gasteiger partial charge is 0.342 e. The molecule has 0 bridgehead atoms. The molecule has 0 spiro atoms. The summed E-state index contributed by atoms with van der Waals surface area (Å²) >= 11 is 1.43. The van der Waals surface area contributed by atoms with Crippen LogP contribution in [0.15, 0.2) is 23.7 Å². The number of nitrogens with zero attached hydrogens (tertiary/aromatic N) is 3. The SMILES string of the molecule is Cc1ncsc1C(=O)N1CCC(c2nc3c(C)cccc3[nH]2)CC1. The molecule has 2 aromatic heterocycles. The van der Waals surface area contributed by atoms with Crippen LogP contribution in [-0.2, 0) is 0 Å². The number of imidazole rings is 1. The van der Waals surface area contributed by atoms with Gasteiger partial charge < -0.3 is 9.88 Å². The van der Waals surface area contributed by atoms with E-state index >= 15 is 0 Å². The number of piperidine rings is 1. The monoisotopic (exact) mass is 340 g/mol. The summed E-state index contributed by atoms with van der Waals surface area (Å²) in [4.78, 5) is 27.8. The van der Waals surface area contributed by atoms with Crippen LogP contribution in [0.25, 0.3) is 11.0 Å². The molecule has 1 fully saturated rings. The number of amides is 1. The fourth-order valence-electron chi connectivity index (χ4n) is 3.39. The number of nitrogens with one attached hydrogen (secondary N) is 1. The van der Waals surface area contributed by atoms with Crippen LogP contribution in [0.2, 0.25) is 0 Å². The van der Waals surface area contributed by atoms with Crippen LogP contribution >= 0.6 is 11.3 Å². The first-order valence-electron chi connectivity index (χ1n) is 8.28. The fourth-order valence-corrected chi connectivity index (χ4v) is 4.16. The third-order valence-corrected chi connectivity index (χ3v) is 5.76. The van der Waals surface area contributed by atoms with Crippen molar-refractivity contribution in [3.05, 3.63) is 45.7 Å². The smallest absolute Gasteiger partial charge is 0.265 e. The van der Waals surface area contributed by atoms with E-state index in [1.165, 1.54) is 16.9 Å². The predicted octanol–water partition coefficient (Wildman–Crippen LogP) is 3.66. The second-order valence-corrected chi connectivity index (χ2v) is 7.28. The van der Waals surface area contributed by atoms with E-state index in [4.69, 9.17) is 4.98 Å². The molecule has 1 aliphatic rings. The van der Waals surface area contributed by atoms with Gasteiger partial charge in [0.1, 0.15) is 10.7 Å². The van der Waals surface area contributed by atoms with Crippen LogP contribution in [-0.4, -0.2) is 38.8 Å². The van der Waals surface area contributed by atoms with Crippen LogP contribution in [0, 0.1) is 13.8 Å². The minimum Gasteiger partial charge on any atom is -0.342 e. The summed E-state index contributed by atoms with van der Waals surface area (Å²) in [5.74, 6) is 1.57.